The zero-order valence-corrected chi connectivity index (χ0v) is 18.2. The standard InChI is InChI=1S/C23H23ClFN5O2/c1-32-19-8-2-15(3-9-19)20-14-30(22-26-12-17(25)13-27-22)11-10-21(20)29-23(31)28-18-6-4-16(24)5-7-18/h2-9,12-13,20-21H,10-11,14H2,1H3,(H2,28,29,31). The largest absolute Gasteiger partial charge is 0.497 e. The molecule has 1 fully saturated rings. The van der Waals surface area contributed by atoms with Gasteiger partial charge in [-0.3, -0.25) is 0 Å². The average molecular weight is 456 g/mol. The number of carbonyl (C=O) groups is 1. The summed E-state index contributed by atoms with van der Waals surface area (Å²) in [7, 11) is 1.62. The molecule has 7 nitrogen and oxygen atoms in total. The number of nitrogens with one attached hydrogen (secondary N) is 2. The van der Waals surface area contributed by atoms with E-state index in [1.165, 1.54) is 0 Å². The van der Waals surface area contributed by atoms with Crippen LogP contribution in [0.1, 0.15) is 17.9 Å². The maximum absolute atomic E-state index is 13.3. The molecule has 32 heavy (non-hydrogen) atoms. The summed E-state index contributed by atoms with van der Waals surface area (Å²) in [5.41, 5.74) is 1.71. The van der Waals surface area contributed by atoms with E-state index in [1.54, 1.807) is 31.4 Å². The van der Waals surface area contributed by atoms with Crippen LogP contribution >= 0.6 is 11.6 Å². The number of benzene rings is 2. The maximum atomic E-state index is 13.3. The Bertz CT molecular complexity index is 1050. The Balaban J connectivity index is 1.51. The smallest absolute Gasteiger partial charge is 0.319 e. The number of amides is 2. The number of hydrogen-bond acceptors (Lipinski definition) is 5. The van der Waals surface area contributed by atoms with E-state index in [1.807, 2.05) is 29.2 Å². The van der Waals surface area contributed by atoms with Gasteiger partial charge in [0.05, 0.1) is 19.5 Å². The van der Waals surface area contributed by atoms with Crippen LogP contribution in [0, 0.1) is 5.82 Å². The molecule has 0 bridgehead atoms. The molecule has 1 aliphatic heterocycles. The minimum Gasteiger partial charge on any atom is -0.497 e. The highest BCUT2D eigenvalue weighted by Gasteiger charge is 2.32. The number of piperidine rings is 1. The summed E-state index contributed by atoms with van der Waals surface area (Å²) in [5, 5.41) is 6.55. The first-order valence-electron chi connectivity index (χ1n) is 10.2. The van der Waals surface area contributed by atoms with Crippen LogP contribution in [-0.4, -0.2) is 42.2 Å². The molecule has 166 valence electrons. The fourth-order valence-corrected chi connectivity index (χ4v) is 3.96. The third-order valence-corrected chi connectivity index (χ3v) is 5.72. The Morgan fingerprint density at radius 2 is 1.81 bits per heavy atom. The van der Waals surface area contributed by atoms with Crippen LogP contribution in [0.3, 0.4) is 0 Å². The minimum absolute atomic E-state index is 0.0284. The van der Waals surface area contributed by atoms with E-state index in [-0.39, 0.29) is 18.0 Å². The summed E-state index contributed by atoms with van der Waals surface area (Å²) in [4.78, 5) is 22.9. The Morgan fingerprint density at radius 1 is 1.12 bits per heavy atom. The maximum Gasteiger partial charge on any atom is 0.319 e. The number of halogens is 2. The summed E-state index contributed by atoms with van der Waals surface area (Å²) in [6, 6.07) is 14.3. The number of nitrogens with zero attached hydrogens (tertiary/aromatic N) is 3. The predicted octanol–water partition coefficient (Wildman–Crippen LogP) is 4.46. The van der Waals surface area contributed by atoms with Crippen LogP contribution in [0.2, 0.25) is 5.02 Å². The van der Waals surface area contributed by atoms with E-state index in [9.17, 15) is 9.18 Å². The lowest BCUT2D eigenvalue weighted by Crippen LogP contribution is -2.51. The molecule has 0 radical (unpaired) electrons. The number of aromatic nitrogens is 2. The molecule has 4 rings (SSSR count). The van der Waals surface area contributed by atoms with Crippen molar-refractivity contribution < 1.29 is 13.9 Å². The fourth-order valence-electron chi connectivity index (χ4n) is 3.83. The summed E-state index contributed by atoms with van der Waals surface area (Å²) in [6.45, 7) is 1.20. The average Bonchev–Trinajstić information content (AvgIpc) is 2.81. The Kier molecular flexibility index (Phi) is 6.70. The predicted molar refractivity (Wildman–Crippen MR) is 122 cm³/mol. The second-order valence-electron chi connectivity index (χ2n) is 7.53. The van der Waals surface area contributed by atoms with Crippen molar-refractivity contribution in [2.75, 3.05) is 30.4 Å². The first-order valence-corrected chi connectivity index (χ1v) is 10.6. The molecular weight excluding hydrogens is 433 g/mol. The van der Waals surface area contributed by atoms with Gasteiger partial charge in [0, 0.05) is 35.8 Å². The van der Waals surface area contributed by atoms with Gasteiger partial charge >= 0.3 is 6.03 Å². The van der Waals surface area contributed by atoms with Crippen molar-refractivity contribution in [3.8, 4) is 5.75 Å². The first kappa shape index (κ1) is 21.8. The van der Waals surface area contributed by atoms with Crippen molar-refractivity contribution in [3.63, 3.8) is 0 Å². The Morgan fingerprint density at radius 3 is 2.47 bits per heavy atom. The molecule has 0 aliphatic carbocycles. The van der Waals surface area contributed by atoms with Gasteiger partial charge in [-0.1, -0.05) is 23.7 Å². The fraction of sp³-hybridized carbons (Fsp3) is 0.261. The second kappa shape index (κ2) is 9.82. The molecule has 2 amide bonds. The van der Waals surface area contributed by atoms with E-state index in [0.717, 1.165) is 23.7 Å². The van der Waals surface area contributed by atoms with Gasteiger partial charge in [0.1, 0.15) is 5.75 Å². The number of urea groups is 1. The monoisotopic (exact) mass is 455 g/mol. The number of rotatable bonds is 5. The molecule has 2 unspecified atom stereocenters. The van der Waals surface area contributed by atoms with Gasteiger partial charge in [0.15, 0.2) is 5.82 Å². The lowest BCUT2D eigenvalue weighted by Gasteiger charge is -2.39. The molecule has 2 aromatic carbocycles. The zero-order valence-electron chi connectivity index (χ0n) is 17.5. The highest BCUT2D eigenvalue weighted by molar-refractivity contribution is 6.30. The van der Waals surface area contributed by atoms with E-state index in [4.69, 9.17) is 16.3 Å². The first-order chi connectivity index (χ1) is 15.5. The molecule has 2 N–H and O–H groups in total. The van der Waals surface area contributed by atoms with E-state index >= 15 is 0 Å². The van der Waals surface area contributed by atoms with E-state index in [0.29, 0.717) is 36.2 Å². The number of anilines is 2. The van der Waals surface area contributed by atoms with E-state index in [2.05, 4.69) is 20.6 Å². The van der Waals surface area contributed by atoms with Gasteiger partial charge < -0.3 is 20.3 Å². The Hall–Kier alpha value is -3.39. The van der Waals surface area contributed by atoms with Gasteiger partial charge in [-0.2, -0.15) is 0 Å². The molecule has 0 saturated carbocycles. The molecule has 0 spiro atoms. The van der Waals surface area contributed by atoms with Gasteiger partial charge in [-0.25, -0.2) is 19.2 Å². The normalized spacial score (nSPS) is 18.2. The minimum atomic E-state index is -0.476. The summed E-state index contributed by atoms with van der Waals surface area (Å²) in [5.74, 6) is 0.720. The lowest BCUT2D eigenvalue weighted by atomic mass is 9.86. The third kappa shape index (κ3) is 5.26. The summed E-state index contributed by atoms with van der Waals surface area (Å²) >= 11 is 5.91. The molecular formula is C23H23ClFN5O2. The van der Waals surface area contributed by atoms with Crippen LogP contribution in [0.25, 0.3) is 0 Å². The van der Waals surface area contributed by atoms with Crippen molar-refractivity contribution >= 4 is 29.3 Å². The number of methoxy groups -OCH3 is 1. The van der Waals surface area contributed by atoms with Crippen molar-refractivity contribution in [1.29, 1.82) is 0 Å². The SMILES string of the molecule is COc1ccc(C2CN(c3ncc(F)cn3)CCC2NC(=O)Nc2ccc(Cl)cc2)cc1. The van der Waals surface area contributed by atoms with Crippen LogP contribution < -0.4 is 20.3 Å². The second-order valence-corrected chi connectivity index (χ2v) is 7.96. The molecule has 1 saturated heterocycles. The topological polar surface area (TPSA) is 79.4 Å². The highest BCUT2D eigenvalue weighted by Crippen LogP contribution is 2.30. The molecule has 2 atom stereocenters. The van der Waals surface area contributed by atoms with Gasteiger partial charge in [0.2, 0.25) is 5.95 Å². The Labute approximate surface area is 190 Å². The summed E-state index contributed by atoms with van der Waals surface area (Å²) < 4.78 is 18.5. The lowest BCUT2D eigenvalue weighted by molar-refractivity contribution is 0.243. The molecule has 2 heterocycles. The van der Waals surface area contributed by atoms with Gasteiger partial charge in [-0.15, -0.1) is 0 Å². The number of ether oxygens (including phenoxy) is 1. The van der Waals surface area contributed by atoms with Crippen molar-refractivity contribution in [2.45, 2.75) is 18.4 Å². The van der Waals surface area contributed by atoms with Crippen LogP contribution in [0.15, 0.2) is 60.9 Å². The zero-order chi connectivity index (χ0) is 22.5. The highest BCUT2D eigenvalue weighted by atomic mass is 35.5. The van der Waals surface area contributed by atoms with Gasteiger partial charge in [0.25, 0.3) is 0 Å². The van der Waals surface area contributed by atoms with Crippen molar-refractivity contribution in [1.82, 2.24) is 15.3 Å². The summed E-state index contributed by atoms with van der Waals surface area (Å²) in [6.07, 6.45) is 2.99. The number of hydrogen-bond donors (Lipinski definition) is 2. The van der Waals surface area contributed by atoms with Gasteiger partial charge in [-0.05, 0) is 48.4 Å². The van der Waals surface area contributed by atoms with Crippen LogP contribution in [-0.2, 0) is 0 Å². The van der Waals surface area contributed by atoms with Crippen molar-refractivity contribution in [2.24, 2.45) is 0 Å². The van der Waals surface area contributed by atoms with Crippen LogP contribution in [0.5, 0.6) is 5.75 Å². The van der Waals surface area contributed by atoms with Crippen molar-refractivity contribution in [3.05, 3.63) is 77.3 Å². The number of carbonyl (C=O) groups excluding carboxylic acids is 1. The quantitative estimate of drug-likeness (QED) is 0.593. The third-order valence-electron chi connectivity index (χ3n) is 5.46. The molecule has 3 aromatic rings. The van der Waals surface area contributed by atoms with Crippen LogP contribution in [0.4, 0.5) is 20.8 Å². The molecule has 1 aromatic heterocycles. The van der Waals surface area contributed by atoms with E-state index < -0.39 is 5.82 Å². The molecule has 9 heteroatoms. The molecule has 1 aliphatic rings.